The predicted molar refractivity (Wildman–Crippen MR) is 156 cm³/mol. The van der Waals surface area contributed by atoms with E-state index in [9.17, 15) is 14.3 Å². The normalized spacial score (nSPS) is 14.8. The number of aliphatic carboxylic acids is 1. The third-order valence-electron chi connectivity index (χ3n) is 6.74. The molecule has 0 spiro atoms. The summed E-state index contributed by atoms with van der Waals surface area (Å²) in [4.78, 5) is 23.1. The molecule has 0 bridgehead atoms. The maximum atomic E-state index is 13.8. The van der Waals surface area contributed by atoms with Gasteiger partial charge in [0.05, 0.1) is 36.2 Å². The molecule has 216 valence electrons. The fourth-order valence-corrected chi connectivity index (χ4v) is 4.49. The molecule has 1 saturated heterocycles. The fraction of sp³-hybridized carbons (Fsp3) is 0.469. The van der Waals surface area contributed by atoms with E-state index in [4.69, 9.17) is 9.84 Å². The molecule has 3 aromatic rings. The predicted octanol–water partition coefficient (Wildman–Crippen LogP) is 6.24. The molecular weight excluding hydrogens is 509 g/mol. The molecule has 1 fully saturated rings. The Morgan fingerprint density at radius 3 is 2.30 bits per heavy atom. The van der Waals surface area contributed by atoms with E-state index in [-0.39, 0.29) is 17.7 Å². The van der Waals surface area contributed by atoms with Crippen molar-refractivity contribution in [2.75, 3.05) is 24.6 Å². The Hall–Kier alpha value is -3.52. The molecule has 8 heteroatoms. The zero-order valence-electron chi connectivity index (χ0n) is 24.5. The van der Waals surface area contributed by atoms with Crippen LogP contribution in [0, 0.1) is 18.2 Å². The van der Waals surface area contributed by atoms with Crippen LogP contribution in [0.3, 0.4) is 0 Å². The highest BCUT2D eigenvalue weighted by atomic mass is 19.1. The Labute approximate surface area is 237 Å². The monoisotopic (exact) mass is 551 g/mol. The van der Waals surface area contributed by atoms with Crippen molar-refractivity contribution in [3.05, 3.63) is 71.4 Å². The molecule has 0 aliphatic carbocycles. The summed E-state index contributed by atoms with van der Waals surface area (Å²) in [6.07, 6.45) is 5.88. The molecule has 0 unspecified atom stereocenters. The highest BCUT2D eigenvalue weighted by Crippen LogP contribution is 2.39. The number of piperidine rings is 1. The van der Waals surface area contributed by atoms with Gasteiger partial charge in [-0.25, -0.2) is 4.39 Å². The van der Waals surface area contributed by atoms with Crippen LogP contribution in [-0.4, -0.2) is 51.4 Å². The lowest BCUT2D eigenvalue weighted by molar-refractivity contribution is -0.136. The van der Waals surface area contributed by atoms with Crippen LogP contribution in [0.1, 0.15) is 64.3 Å². The summed E-state index contributed by atoms with van der Waals surface area (Å²) in [7, 11) is 0. The zero-order chi connectivity index (χ0) is 29.5. The number of aryl methyl sites for hydroxylation is 1. The molecule has 0 radical (unpaired) electrons. The van der Waals surface area contributed by atoms with E-state index in [1.165, 1.54) is 6.07 Å². The molecule has 2 N–H and O–H groups in total. The zero-order valence-corrected chi connectivity index (χ0v) is 24.5. The van der Waals surface area contributed by atoms with Crippen molar-refractivity contribution >= 4 is 11.7 Å². The van der Waals surface area contributed by atoms with E-state index in [1.807, 2.05) is 25.1 Å². The molecule has 0 amide bonds. The lowest BCUT2D eigenvalue weighted by Crippen LogP contribution is -2.38. The molecule has 7 nitrogen and oxygen atoms in total. The van der Waals surface area contributed by atoms with Gasteiger partial charge >= 0.3 is 5.97 Å². The summed E-state index contributed by atoms with van der Waals surface area (Å²) in [6, 6.07) is 10.4. The number of carboxylic acid groups (broad SMARTS) is 1. The van der Waals surface area contributed by atoms with Gasteiger partial charge in [0, 0.05) is 42.5 Å². The summed E-state index contributed by atoms with van der Waals surface area (Å²) in [5.41, 5.74) is 4.30. The number of aliphatic hydroxyl groups is 1. The van der Waals surface area contributed by atoms with E-state index in [0.29, 0.717) is 30.0 Å². The molecule has 2 aromatic heterocycles. The van der Waals surface area contributed by atoms with Crippen LogP contribution in [-0.2, 0) is 17.6 Å². The van der Waals surface area contributed by atoms with Crippen LogP contribution >= 0.6 is 0 Å². The Kier molecular flexibility index (Phi) is 10.3. The number of benzene rings is 1. The average Bonchev–Trinajstić information content (AvgIpc) is 2.86. The number of pyridine rings is 2. The molecule has 4 rings (SSSR count). The van der Waals surface area contributed by atoms with Crippen LogP contribution in [0.25, 0.3) is 11.3 Å². The van der Waals surface area contributed by atoms with Crippen LogP contribution in [0.15, 0.2) is 48.8 Å². The van der Waals surface area contributed by atoms with E-state index in [0.717, 1.165) is 48.4 Å². The van der Waals surface area contributed by atoms with Gasteiger partial charge in [0.1, 0.15) is 11.6 Å². The Bertz CT molecular complexity index is 1270. The van der Waals surface area contributed by atoms with E-state index >= 15 is 0 Å². The lowest BCUT2D eigenvalue weighted by Gasteiger charge is -2.40. The maximum absolute atomic E-state index is 13.8. The molecule has 3 heterocycles. The lowest BCUT2D eigenvalue weighted by atomic mass is 9.82. The van der Waals surface area contributed by atoms with E-state index in [1.54, 1.807) is 45.3 Å². The molecule has 40 heavy (non-hydrogen) atoms. The SMILES string of the molecule is CC(C)(C)O.Cc1ncc(-c2ccc(OCCc3ccccc3F)cn2)c(N2CCC(C)(C)CC2)c1CC(=O)O. The van der Waals surface area contributed by atoms with Gasteiger partial charge in [0.2, 0.25) is 0 Å². The standard InChI is InChI=1S/C28H32FN3O3.C4H10O/c1-19-22(16-26(33)34)27(32-13-11-28(2,3)12-14-32)23(18-30-19)25-9-8-21(17-31-25)35-15-10-20-6-4-5-7-24(20)29;1-4(2,3)5/h4-9,17-18H,10-16H2,1-3H3,(H,33,34);5H,1-3H3. The minimum atomic E-state index is -0.878. The number of anilines is 1. The summed E-state index contributed by atoms with van der Waals surface area (Å²) in [5, 5.41) is 18.1. The number of rotatable bonds is 8. The van der Waals surface area contributed by atoms with Gasteiger partial charge in [0.15, 0.2) is 0 Å². The summed E-state index contributed by atoms with van der Waals surface area (Å²) in [5.74, 6) is -0.517. The first-order chi connectivity index (χ1) is 18.7. The fourth-order valence-electron chi connectivity index (χ4n) is 4.49. The molecular formula is C32H42FN3O4. The van der Waals surface area contributed by atoms with Crippen LogP contribution in [0.5, 0.6) is 5.75 Å². The Balaban J connectivity index is 0.000000810. The van der Waals surface area contributed by atoms with Crippen molar-refractivity contribution in [3.8, 4) is 17.0 Å². The number of aromatic nitrogens is 2. The first-order valence-corrected chi connectivity index (χ1v) is 13.7. The van der Waals surface area contributed by atoms with Crippen LogP contribution in [0.2, 0.25) is 0 Å². The Morgan fingerprint density at radius 1 is 1.07 bits per heavy atom. The van der Waals surface area contributed by atoms with Gasteiger partial charge in [-0.1, -0.05) is 32.0 Å². The Morgan fingerprint density at radius 2 is 1.73 bits per heavy atom. The molecule has 0 saturated carbocycles. The van der Waals surface area contributed by atoms with Crippen LogP contribution < -0.4 is 9.64 Å². The molecule has 1 aliphatic heterocycles. The number of carboxylic acids is 1. The highest BCUT2D eigenvalue weighted by Gasteiger charge is 2.29. The number of nitrogens with zero attached hydrogens (tertiary/aromatic N) is 3. The van der Waals surface area contributed by atoms with E-state index < -0.39 is 11.6 Å². The second kappa shape index (κ2) is 13.2. The summed E-state index contributed by atoms with van der Waals surface area (Å²) < 4.78 is 19.6. The van der Waals surface area contributed by atoms with Gasteiger partial charge < -0.3 is 19.8 Å². The van der Waals surface area contributed by atoms with Crippen LogP contribution in [0.4, 0.5) is 10.1 Å². The van der Waals surface area contributed by atoms with E-state index in [2.05, 4.69) is 28.7 Å². The van der Waals surface area contributed by atoms with Gasteiger partial charge in [0.25, 0.3) is 0 Å². The van der Waals surface area contributed by atoms with Crippen molar-refractivity contribution in [1.82, 2.24) is 9.97 Å². The number of halogens is 1. The van der Waals surface area contributed by atoms with Crippen molar-refractivity contribution < 1.29 is 24.1 Å². The largest absolute Gasteiger partial charge is 0.492 e. The number of carbonyl (C=O) groups is 1. The molecule has 1 aromatic carbocycles. The third-order valence-corrected chi connectivity index (χ3v) is 6.74. The summed E-state index contributed by atoms with van der Waals surface area (Å²) in [6.45, 7) is 13.7. The number of hydrogen-bond acceptors (Lipinski definition) is 6. The maximum Gasteiger partial charge on any atom is 0.307 e. The third kappa shape index (κ3) is 9.30. The summed E-state index contributed by atoms with van der Waals surface area (Å²) >= 11 is 0. The minimum Gasteiger partial charge on any atom is -0.492 e. The van der Waals surface area contributed by atoms with Crippen molar-refractivity contribution in [2.45, 2.75) is 72.8 Å². The van der Waals surface area contributed by atoms with Crippen molar-refractivity contribution in [2.24, 2.45) is 5.41 Å². The van der Waals surface area contributed by atoms with Gasteiger partial charge in [-0.3, -0.25) is 14.8 Å². The van der Waals surface area contributed by atoms with Gasteiger partial charge in [-0.15, -0.1) is 0 Å². The number of ether oxygens (including phenoxy) is 1. The molecule has 0 atom stereocenters. The quantitative estimate of drug-likeness (QED) is 0.342. The second-order valence-electron chi connectivity index (χ2n) is 12.0. The van der Waals surface area contributed by atoms with Crippen molar-refractivity contribution in [3.63, 3.8) is 0 Å². The minimum absolute atomic E-state index is 0.0842. The van der Waals surface area contributed by atoms with Crippen molar-refractivity contribution in [1.29, 1.82) is 0 Å². The average molecular weight is 552 g/mol. The first kappa shape index (κ1) is 31.0. The number of hydrogen-bond donors (Lipinski definition) is 2. The highest BCUT2D eigenvalue weighted by molar-refractivity contribution is 5.83. The molecule has 1 aliphatic rings. The second-order valence-corrected chi connectivity index (χ2v) is 12.0. The van der Waals surface area contributed by atoms with Gasteiger partial charge in [-0.05, 0) is 69.7 Å². The smallest absolute Gasteiger partial charge is 0.307 e. The topological polar surface area (TPSA) is 95.8 Å². The van der Waals surface area contributed by atoms with Gasteiger partial charge in [-0.2, -0.15) is 0 Å². The first-order valence-electron chi connectivity index (χ1n) is 13.7.